The lowest BCUT2D eigenvalue weighted by Gasteiger charge is -2.23. The third kappa shape index (κ3) is 36.5. The molecule has 62 heavy (non-hydrogen) atoms. The second-order valence-corrected chi connectivity index (χ2v) is 18.6. The van der Waals surface area contributed by atoms with E-state index in [9.17, 15) is 14.7 Å². The SMILES string of the molecule is CCCCCCCCC=CCCCCCCC=CCCCC(=O)Oc1ccc(C(O)CNC(C)(C)C)cc1OC(=O)CCCC=CCCCCCCC=CCCCCCCCC. The molecule has 2 N–H and O–H groups in total. The van der Waals surface area contributed by atoms with Crippen molar-refractivity contribution in [3.8, 4) is 11.5 Å². The molecule has 0 aromatic heterocycles. The molecule has 0 aliphatic rings. The van der Waals surface area contributed by atoms with E-state index in [4.69, 9.17) is 9.47 Å². The molecule has 6 nitrogen and oxygen atoms in total. The first-order valence-corrected chi connectivity index (χ1v) is 25.7. The standard InChI is InChI=1S/C56H95NO5/c1-6-8-10-12-14-16-18-20-22-24-26-28-30-32-34-36-38-40-42-44-54(59)61-52-47-46-50(51(58)49-57-56(3,4)5)48-53(52)62-55(60)45-43-41-39-37-35-33-31-29-27-25-23-21-19-17-15-13-11-9-7-2/h20-23,36-39,46-48,51,57-58H,6-19,24-35,40-45,49H2,1-5H3. The number of ether oxygens (including phenoxy) is 2. The van der Waals surface area contributed by atoms with Crippen LogP contribution < -0.4 is 14.8 Å². The van der Waals surface area contributed by atoms with Crippen molar-refractivity contribution in [1.82, 2.24) is 5.32 Å². The van der Waals surface area contributed by atoms with Crippen LogP contribution in [0, 0.1) is 0 Å². The maximum Gasteiger partial charge on any atom is 0.311 e. The Hall–Kier alpha value is -2.96. The molecule has 1 aromatic carbocycles. The van der Waals surface area contributed by atoms with Crippen LogP contribution in [-0.4, -0.2) is 29.1 Å². The molecule has 0 saturated heterocycles. The summed E-state index contributed by atoms with van der Waals surface area (Å²) < 4.78 is 11.5. The zero-order valence-corrected chi connectivity index (χ0v) is 40.8. The van der Waals surface area contributed by atoms with E-state index in [-0.39, 0.29) is 41.8 Å². The van der Waals surface area contributed by atoms with Gasteiger partial charge >= 0.3 is 11.9 Å². The van der Waals surface area contributed by atoms with E-state index in [0.717, 1.165) is 25.7 Å². The van der Waals surface area contributed by atoms with Crippen molar-refractivity contribution in [2.45, 2.75) is 252 Å². The van der Waals surface area contributed by atoms with E-state index in [1.807, 2.05) is 20.8 Å². The molecule has 6 heteroatoms. The van der Waals surface area contributed by atoms with Crippen molar-refractivity contribution in [3.63, 3.8) is 0 Å². The van der Waals surface area contributed by atoms with E-state index in [1.54, 1.807) is 18.2 Å². The Morgan fingerprint density at radius 2 is 0.823 bits per heavy atom. The first-order valence-electron chi connectivity index (χ1n) is 25.7. The van der Waals surface area contributed by atoms with Crippen LogP contribution in [0.3, 0.4) is 0 Å². The Bertz CT molecular complexity index is 1340. The van der Waals surface area contributed by atoms with Crippen LogP contribution in [0.4, 0.5) is 0 Å². The topological polar surface area (TPSA) is 84.9 Å². The molecule has 0 aliphatic carbocycles. The summed E-state index contributed by atoms with van der Waals surface area (Å²) in [6.45, 7) is 11.0. The van der Waals surface area contributed by atoms with E-state index in [1.165, 1.54) is 154 Å². The van der Waals surface area contributed by atoms with Gasteiger partial charge in [0, 0.05) is 24.9 Å². The highest BCUT2D eigenvalue weighted by molar-refractivity contribution is 5.76. The first kappa shape index (κ1) is 57.1. The lowest BCUT2D eigenvalue weighted by atomic mass is 10.1. The minimum atomic E-state index is -0.813. The summed E-state index contributed by atoms with van der Waals surface area (Å²) in [5, 5.41) is 14.2. The molecule has 0 radical (unpaired) electrons. The maximum atomic E-state index is 13.0. The van der Waals surface area contributed by atoms with Gasteiger partial charge in [-0.15, -0.1) is 0 Å². The van der Waals surface area contributed by atoms with Crippen molar-refractivity contribution in [2.24, 2.45) is 0 Å². The minimum absolute atomic E-state index is 0.163. The Morgan fingerprint density at radius 1 is 0.500 bits per heavy atom. The van der Waals surface area contributed by atoms with Gasteiger partial charge in [-0.25, -0.2) is 0 Å². The number of allylic oxidation sites excluding steroid dienone is 8. The van der Waals surface area contributed by atoms with Gasteiger partial charge in [0.1, 0.15) is 0 Å². The third-order valence-electron chi connectivity index (χ3n) is 11.2. The van der Waals surface area contributed by atoms with Gasteiger partial charge in [-0.1, -0.05) is 158 Å². The molecule has 0 amide bonds. The fourth-order valence-electron chi connectivity index (χ4n) is 7.28. The molecule has 0 fully saturated rings. The Kier molecular flexibility index (Phi) is 37.5. The summed E-state index contributed by atoms with van der Waals surface area (Å²) >= 11 is 0. The van der Waals surface area contributed by atoms with Gasteiger partial charge in [-0.2, -0.15) is 0 Å². The van der Waals surface area contributed by atoms with Gasteiger partial charge < -0.3 is 19.9 Å². The minimum Gasteiger partial charge on any atom is -0.423 e. The molecule has 0 bridgehead atoms. The Balaban J connectivity index is 2.37. The van der Waals surface area contributed by atoms with Crippen LogP contribution in [0.15, 0.2) is 66.8 Å². The van der Waals surface area contributed by atoms with Crippen LogP contribution in [0.2, 0.25) is 0 Å². The smallest absolute Gasteiger partial charge is 0.311 e. The molecule has 0 heterocycles. The van der Waals surface area contributed by atoms with Gasteiger partial charge in [-0.05, 0) is 141 Å². The van der Waals surface area contributed by atoms with Crippen molar-refractivity contribution < 1.29 is 24.2 Å². The summed E-state index contributed by atoms with van der Waals surface area (Å²) in [5.41, 5.74) is 0.427. The highest BCUT2D eigenvalue weighted by atomic mass is 16.6. The normalized spacial score (nSPS) is 12.7. The van der Waals surface area contributed by atoms with Crippen molar-refractivity contribution in [3.05, 3.63) is 72.4 Å². The average Bonchev–Trinajstić information content (AvgIpc) is 3.24. The fourth-order valence-corrected chi connectivity index (χ4v) is 7.28. The molecule has 0 spiro atoms. The number of unbranched alkanes of at least 4 members (excludes halogenated alkanes) is 24. The molecule has 0 saturated carbocycles. The molecule has 1 aromatic rings. The van der Waals surface area contributed by atoms with Crippen LogP contribution >= 0.6 is 0 Å². The number of carbonyl (C=O) groups excluding carboxylic acids is 2. The number of nitrogens with one attached hydrogen (secondary N) is 1. The van der Waals surface area contributed by atoms with Crippen molar-refractivity contribution in [2.75, 3.05) is 6.54 Å². The summed E-state index contributed by atoms with van der Waals surface area (Å²) in [5.74, 6) is -0.364. The van der Waals surface area contributed by atoms with E-state index < -0.39 is 6.10 Å². The fraction of sp³-hybridized carbons (Fsp3) is 0.714. The second kappa shape index (κ2) is 40.8. The van der Waals surface area contributed by atoms with E-state index >= 15 is 0 Å². The Labute approximate surface area is 382 Å². The molecular weight excluding hydrogens is 767 g/mol. The third-order valence-corrected chi connectivity index (χ3v) is 11.2. The summed E-state index contributed by atoms with van der Waals surface area (Å²) in [6.07, 6.45) is 54.4. The molecule has 1 unspecified atom stereocenters. The number of esters is 2. The molecule has 354 valence electrons. The summed E-state index contributed by atoms with van der Waals surface area (Å²) in [6, 6.07) is 4.98. The van der Waals surface area contributed by atoms with Gasteiger partial charge in [0.2, 0.25) is 0 Å². The number of aliphatic hydroxyl groups excluding tert-OH is 1. The number of carbonyl (C=O) groups is 2. The lowest BCUT2D eigenvalue weighted by Crippen LogP contribution is -2.38. The number of rotatable bonds is 41. The highest BCUT2D eigenvalue weighted by Crippen LogP contribution is 2.32. The number of hydrogen-bond acceptors (Lipinski definition) is 6. The average molecular weight is 862 g/mol. The number of hydrogen-bond donors (Lipinski definition) is 2. The largest absolute Gasteiger partial charge is 0.423 e. The van der Waals surface area contributed by atoms with Crippen LogP contribution in [0.1, 0.15) is 252 Å². The molecule has 1 rings (SSSR count). The van der Waals surface area contributed by atoms with Crippen LogP contribution in [0.5, 0.6) is 11.5 Å². The maximum absolute atomic E-state index is 13.0. The first-order chi connectivity index (χ1) is 30.2. The van der Waals surface area contributed by atoms with Gasteiger partial charge in [0.15, 0.2) is 11.5 Å². The summed E-state index contributed by atoms with van der Waals surface area (Å²) in [4.78, 5) is 25.8. The molecular formula is C56H95NO5. The second-order valence-electron chi connectivity index (χ2n) is 18.6. The van der Waals surface area contributed by atoms with Gasteiger partial charge in [0.05, 0.1) is 6.10 Å². The zero-order valence-electron chi connectivity index (χ0n) is 40.8. The van der Waals surface area contributed by atoms with Gasteiger partial charge in [-0.3, -0.25) is 9.59 Å². The predicted molar refractivity (Wildman–Crippen MR) is 266 cm³/mol. The monoisotopic (exact) mass is 862 g/mol. The number of benzene rings is 1. The quantitative estimate of drug-likeness (QED) is 0.0295. The van der Waals surface area contributed by atoms with E-state index in [0.29, 0.717) is 24.9 Å². The summed E-state index contributed by atoms with van der Waals surface area (Å²) in [7, 11) is 0. The highest BCUT2D eigenvalue weighted by Gasteiger charge is 2.19. The van der Waals surface area contributed by atoms with E-state index in [2.05, 4.69) is 67.8 Å². The predicted octanol–water partition coefficient (Wildman–Crippen LogP) is 16.7. The zero-order chi connectivity index (χ0) is 45.2. The van der Waals surface area contributed by atoms with Gasteiger partial charge in [0.25, 0.3) is 0 Å². The lowest BCUT2D eigenvalue weighted by molar-refractivity contribution is -0.137. The van der Waals surface area contributed by atoms with Crippen molar-refractivity contribution >= 4 is 11.9 Å². The Morgan fingerprint density at radius 3 is 1.18 bits per heavy atom. The van der Waals surface area contributed by atoms with Crippen LogP contribution in [0.25, 0.3) is 0 Å². The number of β-amino-alcohol motifs (C(OH)–C–C–N with tert-alkyl or cyclic N) is 1. The molecule has 1 atom stereocenters. The number of aliphatic hydroxyl groups is 1. The van der Waals surface area contributed by atoms with Crippen molar-refractivity contribution in [1.29, 1.82) is 0 Å². The molecule has 0 aliphatic heterocycles. The van der Waals surface area contributed by atoms with Crippen LogP contribution in [-0.2, 0) is 9.59 Å².